The van der Waals surface area contributed by atoms with E-state index in [4.69, 9.17) is 10.5 Å². The number of hydrogen-bond donors (Lipinski definition) is 4. The molecule has 1 aromatic rings. The average Bonchev–Trinajstić information content (AvgIpc) is 2.48. The molecule has 0 aliphatic rings. The van der Waals surface area contributed by atoms with E-state index in [1.54, 1.807) is 6.07 Å². The fraction of sp³-hybridized carbons (Fsp3) is 0.615. The van der Waals surface area contributed by atoms with Gasteiger partial charge in [-0.25, -0.2) is 9.97 Å². The van der Waals surface area contributed by atoms with Gasteiger partial charge in [0.1, 0.15) is 24.3 Å². The third kappa shape index (κ3) is 6.37. The fourth-order valence-corrected chi connectivity index (χ4v) is 1.49. The second kappa shape index (κ2) is 9.09. The zero-order chi connectivity index (χ0) is 15.7. The largest absolute Gasteiger partial charge is 0.381 e. The summed E-state index contributed by atoms with van der Waals surface area (Å²) in [5, 5.41) is 15.4. The second-order valence-corrected chi connectivity index (χ2v) is 4.42. The van der Waals surface area contributed by atoms with E-state index in [9.17, 15) is 9.90 Å². The molecule has 1 rings (SSSR count). The number of carbonyl (C=O) groups is 1. The molecule has 1 amide bonds. The normalized spacial score (nSPS) is 12.0. The Labute approximate surface area is 124 Å². The zero-order valence-electron chi connectivity index (χ0n) is 12.4. The highest BCUT2D eigenvalue weighted by Gasteiger charge is 2.11. The molecule has 0 aliphatic carbocycles. The van der Waals surface area contributed by atoms with E-state index in [1.807, 2.05) is 6.92 Å². The molecule has 1 heterocycles. The predicted molar refractivity (Wildman–Crippen MR) is 79.8 cm³/mol. The molecule has 0 bridgehead atoms. The minimum absolute atomic E-state index is 0.00631. The summed E-state index contributed by atoms with van der Waals surface area (Å²) in [5.41, 5.74) is 5.00. The van der Waals surface area contributed by atoms with Crippen LogP contribution >= 0.6 is 0 Å². The van der Waals surface area contributed by atoms with Crippen LogP contribution in [-0.4, -0.2) is 46.8 Å². The maximum atomic E-state index is 10.8. The molecule has 8 nitrogen and oxygen atoms in total. The Morgan fingerprint density at radius 3 is 2.62 bits per heavy atom. The van der Waals surface area contributed by atoms with E-state index < -0.39 is 12.0 Å². The summed E-state index contributed by atoms with van der Waals surface area (Å²) in [6.07, 6.45) is -0.295. The number of anilines is 2. The molecule has 21 heavy (non-hydrogen) atoms. The number of amides is 1. The summed E-state index contributed by atoms with van der Waals surface area (Å²) in [4.78, 5) is 19.4. The summed E-state index contributed by atoms with van der Waals surface area (Å²) < 4.78 is 5.29. The number of carbonyl (C=O) groups excluding carboxylic acids is 1. The Kier molecular flexibility index (Phi) is 7.41. The van der Waals surface area contributed by atoms with E-state index in [-0.39, 0.29) is 6.54 Å². The third-order valence-electron chi connectivity index (χ3n) is 2.57. The summed E-state index contributed by atoms with van der Waals surface area (Å²) >= 11 is 0. The van der Waals surface area contributed by atoms with Crippen molar-refractivity contribution in [3.05, 3.63) is 11.9 Å². The Morgan fingerprint density at radius 2 is 2.05 bits per heavy atom. The number of nitrogens with two attached hydrogens (primary N) is 1. The molecule has 118 valence electrons. The second-order valence-electron chi connectivity index (χ2n) is 4.42. The molecule has 0 radical (unpaired) electrons. The van der Waals surface area contributed by atoms with Crippen LogP contribution in [0.1, 0.15) is 26.1 Å². The molecule has 0 aliphatic heterocycles. The molecule has 1 atom stereocenters. The number of nitrogens with zero attached hydrogens (tertiary/aromatic N) is 2. The van der Waals surface area contributed by atoms with Gasteiger partial charge in [-0.1, -0.05) is 6.92 Å². The maximum Gasteiger partial charge on any atom is 0.248 e. The molecule has 1 unspecified atom stereocenters. The van der Waals surface area contributed by atoms with Crippen LogP contribution in [0.3, 0.4) is 0 Å². The van der Waals surface area contributed by atoms with Gasteiger partial charge in [-0.2, -0.15) is 0 Å². The topological polar surface area (TPSA) is 122 Å². The number of ether oxygens (including phenoxy) is 1. The molecule has 0 saturated carbocycles. The van der Waals surface area contributed by atoms with Gasteiger partial charge < -0.3 is 26.2 Å². The molecule has 1 aromatic heterocycles. The quantitative estimate of drug-likeness (QED) is 0.483. The van der Waals surface area contributed by atoms with Gasteiger partial charge in [0.15, 0.2) is 5.82 Å². The molecule has 8 heteroatoms. The van der Waals surface area contributed by atoms with Crippen LogP contribution < -0.4 is 16.4 Å². The first kappa shape index (κ1) is 17.1. The van der Waals surface area contributed by atoms with Crippen molar-refractivity contribution < 1.29 is 14.6 Å². The highest BCUT2D eigenvalue weighted by molar-refractivity contribution is 5.79. The molecule has 0 fully saturated rings. The first-order chi connectivity index (χ1) is 10.1. The standard InChI is InChI=1S/C13H23N5O3/c1-3-5-15-10-6-11(16-7-9(19)13(14)20)18-12(17-10)8-21-4-2/h6,9,19H,3-5,7-8H2,1-2H3,(H2,14,20)(H2,15,16,17,18). The van der Waals surface area contributed by atoms with Gasteiger partial charge in [-0.15, -0.1) is 0 Å². The lowest BCUT2D eigenvalue weighted by atomic mass is 10.3. The van der Waals surface area contributed by atoms with Crippen molar-refractivity contribution in [2.45, 2.75) is 33.0 Å². The number of aromatic nitrogens is 2. The van der Waals surface area contributed by atoms with Crippen molar-refractivity contribution in [3.8, 4) is 0 Å². The third-order valence-corrected chi connectivity index (χ3v) is 2.57. The Hall–Kier alpha value is -1.93. The zero-order valence-corrected chi connectivity index (χ0v) is 12.4. The lowest BCUT2D eigenvalue weighted by Gasteiger charge is -2.12. The van der Waals surface area contributed by atoms with Crippen molar-refractivity contribution in [2.24, 2.45) is 5.73 Å². The van der Waals surface area contributed by atoms with E-state index in [1.165, 1.54) is 0 Å². The lowest BCUT2D eigenvalue weighted by Crippen LogP contribution is -2.34. The van der Waals surface area contributed by atoms with Gasteiger partial charge in [-0.3, -0.25) is 4.79 Å². The van der Waals surface area contributed by atoms with Gasteiger partial charge in [0, 0.05) is 19.2 Å². The van der Waals surface area contributed by atoms with E-state index in [0.29, 0.717) is 30.7 Å². The SMILES string of the molecule is CCCNc1cc(NCC(O)C(N)=O)nc(COCC)n1. The predicted octanol–water partition coefficient (Wildman–Crippen LogP) is 0.0931. The van der Waals surface area contributed by atoms with Crippen molar-refractivity contribution in [1.82, 2.24) is 9.97 Å². The van der Waals surface area contributed by atoms with Crippen LogP contribution in [-0.2, 0) is 16.1 Å². The monoisotopic (exact) mass is 297 g/mol. The van der Waals surface area contributed by atoms with Gasteiger partial charge in [-0.05, 0) is 13.3 Å². The van der Waals surface area contributed by atoms with Crippen molar-refractivity contribution in [1.29, 1.82) is 0 Å². The van der Waals surface area contributed by atoms with Gasteiger partial charge in [0.25, 0.3) is 0 Å². The van der Waals surface area contributed by atoms with Crippen LogP contribution in [0.5, 0.6) is 0 Å². The Bertz CT molecular complexity index is 429. The number of nitrogens with one attached hydrogen (secondary N) is 2. The molecule has 5 N–H and O–H groups in total. The Morgan fingerprint density at radius 1 is 1.38 bits per heavy atom. The van der Waals surface area contributed by atoms with Crippen LogP contribution in [0.15, 0.2) is 6.07 Å². The number of rotatable bonds is 10. The molecular formula is C13H23N5O3. The van der Waals surface area contributed by atoms with Crippen LogP contribution in [0.2, 0.25) is 0 Å². The minimum atomic E-state index is -1.26. The van der Waals surface area contributed by atoms with Crippen molar-refractivity contribution in [3.63, 3.8) is 0 Å². The first-order valence-corrected chi connectivity index (χ1v) is 6.97. The van der Waals surface area contributed by atoms with Crippen molar-refractivity contribution >= 4 is 17.5 Å². The molecule has 0 saturated heterocycles. The number of primary amides is 1. The van der Waals surface area contributed by atoms with E-state index >= 15 is 0 Å². The Balaban J connectivity index is 2.77. The molecule has 0 aromatic carbocycles. The summed E-state index contributed by atoms with van der Waals surface area (Å²) in [6.45, 7) is 5.59. The minimum Gasteiger partial charge on any atom is -0.381 e. The lowest BCUT2D eigenvalue weighted by molar-refractivity contribution is -0.125. The average molecular weight is 297 g/mol. The highest BCUT2D eigenvalue weighted by atomic mass is 16.5. The first-order valence-electron chi connectivity index (χ1n) is 6.97. The van der Waals surface area contributed by atoms with Crippen molar-refractivity contribution in [2.75, 3.05) is 30.3 Å². The summed E-state index contributed by atoms with van der Waals surface area (Å²) in [6, 6.07) is 1.71. The van der Waals surface area contributed by atoms with Crippen LogP contribution in [0, 0.1) is 0 Å². The summed E-state index contributed by atoms with van der Waals surface area (Å²) in [5.74, 6) is 0.903. The molecular weight excluding hydrogens is 274 g/mol. The smallest absolute Gasteiger partial charge is 0.248 e. The maximum absolute atomic E-state index is 10.8. The van der Waals surface area contributed by atoms with Gasteiger partial charge in [0.2, 0.25) is 5.91 Å². The van der Waals surface area contributed by atoms with Crippen LogP contribution in [0.4, 0.5) is 11.6 Å². The number of aliphatic hydroxyl groups is 1. The molecule has 0 spiro atoms. The van der Waals surface area contributed by atoms with Gasteiger partial charge in [0.05, 0.1) is 6.54 Å². The van der Waals surface area contributed by atoms with E-state index in [2.05, 4.69) is 27.5 Å². The van der Waals surface area contributed by atoms with E-state index in [0.717, 1.165) is 13.0 Å². The number of aliphatic hydroxyl groups excluding tert-OH is 1. The summed E-state index contributed by atoms with van der Waals surface area (Å²) in [7, 11) is 0. The fourth-order valence-electron chi connectivity index (χ4n) is 1.49. The van der Waals surface area contributed by atoms with Crippen LogP contribution in [0.25, 0.3) is 0 Å². The van der Waals surface area contributed by atoms with Gasteiger partial charge >= 0.3 is 0 Å². The number of hydrogen-bond acceptors (Lipinski definition) is 7. The highest BCUT2D eigenvalue weighted by Crippen LogP contribution is 2.12.